The van der Waals surface area contributed by atoms with E-state index >= 15 is 0 Å². The molecule has 1 saturated heterocycles. The van der Waals surface area contributed by atoms with Gasteiger partial charge in [0.05, 0.1) is 0 Å². The maximum absolute atomic E-state index is 12.6. The van der Waals surface area contributed by atoms with Gasteiger partial charge in [0.15, 0.2) is 0 Å². The van der Waals surface area contributed by atoms with E-state index < -0.39 is 0 Å². The van der Waals surface area contributed by atoms with Gasteiger partial charge < -0.3 is 15.1 Å². The molecule has 3 heterocycles. The highest BCUT2D eigenvalue weighted by Crippen LogP contribution is 2.20. The van der Waals surface area contributed by atoms with E-state index in [1.54, 1.807) is 24.5 Å². The maximum atomic E-state index is 12.6. The summed E-state index contributed by atoms with van der Waals surface area (Å²) in [5.74, 6) is 1.50. The number of hydrogen-bond acceptors (Lipinski definition) is 6. The number of rotatable bonds is 4. The molecule has 29 heavy (non-hydrogen) atoms. The smallest absolute Gasteiger partial charge is 0.254 e. The quantitative estimate of drug-likeness (QED) is 0.740. The molecular formula is C22H24N6O. The van der Waals surface area contributed by atoms with Gasteiger partial charge in [-0.25, -0.2) is 4.98 Å². The number of hydrogen-bond donors (Lipinski definition) is 1. The van der Waals surface area contributed by atoms with Crippen LogP contribution < -0.4 is 10.2 Å². The summed E-state index contributed by atoms with van der Waals surface area (Å²) in [6, 6.07) is 13.6. The first-order chi connectivity index (χ1) is 14.1. The Morgan fingerprint density at radius 1 is 0.931 bits per heavy atom. The molecule has 0 spiro atoms. The number of carbonyl (C=O) groups is 1. The lowest BCUT2D eigenvalue weighted by Gasteiger charge is -2.35. The number of benzene rings is 1. The minimum absolute atomic E-state index is 0.0407. The van der Waals surface area contributed by atoms with Crippen molar-refractivity contribution in [3.63, 3.8) is 0 Å². The molecule has 0 unspecified atom stereocenters. The summed E-state index contributed by atoms with van der Waals surface area (Å²) in [4.78, 5) is 29.9. The molecule has 2 aromatic heterocycles. The first-order valence-electron chi connectivity index (χ1n) is 9.72. The lowest BCUT2D eigenvalue weighted by Crippen LogP contribution is -2.49. The molecule has 0 atom stereocenters. The lowest BCUT2D eigenvalue weighted by molar-refractivity contribution is 0.0746. The topological polar surface area (TPSA) is 74.2 Å². The summed E-state index contributed by atoms with van der Waals surface area (Å²) in [6.45, 7) is 6.71. The van der Waals surface area contributed by atoms with Crippen molar-refractivity contribution in [2.24, 2.45) is 0 Å². The minimum atomic E-state index is 0.0407. The van der Waals surface area contributed by atoms with Crippen LogP contribution in [-0.4, -0.2) is 51.9 Å². The summed E-state index contributed by atoms with van der Waals surface area (Å²) >= 11 is 0. The Morgan fingerprint density at radius 2 is 1.62 bits per heavy atom. The number of piperazine rings is 1. The van der Waals surface area contributed by atoms with Crippen molar-refractivity contribution in [2.45, 2.75) is 13.8 Å². The van der Waals surface area contributed by atoms with Crippen molar-refractivity contribution in [2.75, 3.05) is 36.4 Å². The Kier molecular flexibility index (Phi) is 5.37. The molecule has 0 bridgehead atoms. The van der Waals surface area contributed by atoms with Gasteiger partial charge in [-0.3, -0.25) is 9.78 Å². The van der Waals surface area contributed by atoms with Crippen LogP contribution in [0.5, 0.6) is 0 Å². The van der Waals surface area contributed by atoms with Gasteiger partial charge in [-0.15, -0.1) is 0 Å². The fraction of sp³-hybridized carbons (Fsp3) is 0.273. The van der Waals surface area contributed by atoms with Crippen molar-refractivity contribution in [3.05, 3.63) is 71.7 Å². The van der Waals surface area contributed by atoms with Gasteiger partial charge in [-0.05, 0) is 38.1 Å². The molecule has 1 aliphatic heterocycles. The van der Waals surface area contributed by atoms with Gasteiger partial charge in [0.1, 0.15) is 5.82 Å². The average Bonchev–Trinajstić information content (AvgIpc) is 2.75. The summed E-state index contributed by atoms with van der Waals surface area (Å²) < 4.78 is 0. The first-order valence-corrected chi connectivity index (χ1v) is 9.72. The predicted molar refractivity (Wildman–Crippen MR) is 114 cm³/mol. The number of carbonyl (C=O) groups excluding carboxylic acids is 1. The third kappa shape index (κ3) is 4.51. The van der Waals surface area contributed by atoms with E-state index in [1.807, 2.05) is 30.0 Å². The monoisotopic (exact) mass is 388 g/mol. The number of nitrogens with one attached hydrogen (secondary N) is 1. The minimum Gasteiger partial charge on any atom is -0.340 e. The number of anilines is 3. The number of nitrogens with zero attached hydrogens (tertiary/aromatic N) is 5. The summed E-state index contributed by atoms with van der Waals surface area (Å²) in [6.07, 6.45) is 3.29. The highest BCUT2D eigenvalue weighted by Gasteiger charge is 2.23. The highest BCUT2D eigenvalue weighted by molar-refractivity contribution is 5.94. The predicted octanol–water partition coefficient (Wildman–Crippen LogP) is 3.19. The van der Waals surface area contributed by atoms with Gasteiger partial charge >= 0.3 is 0 Å². The van der Waals surface area contributed by atoms with Crippen molar-refractivity contribution >= 4 is 23.4 Å². The Labute approximate surface area is 170 Å². The van der Waals surface area contributed by atoms with Crippen LogP contribution in [0, 0.1) is 13.8 Å². The van der Waals surface area contributed by atoms with Crippen molar-refractivity contribution in [3.8, 4) is 0 Å². The van der Waals surface area contributed by atoms with Gasteiger partial charge in [-0.2, -0.15) is 4.98 Å². The first kappa shape index (κ1) is 18.9. The molecule has 0 saturated carbocycles. The molecule has 3 aromatic rings. The van der Waals surface area contributed by atoms with Gasteiger partial charge in [0.25, 0.3) is 5.91 Å². The summed E-state index contributed by atoms with van der Waals surface area (Å²) in [5.41, 5.74) is 3.78. The van der Waals surface area contributed by atoms with Crippen LogP contribution in [0.2, 0.25) is 0 Å². The second-order valence-corrected chi connectivity index (χ2v) is 7.20. The van der Waals surface area contributed by atoms with Crippen LogP contribution in [0.15, 0.2) is 54.9 Å². The zero-order valence-electron chi connectivity index (χ0n) is 16.7. The number of aromatic nitrogens is 3. The van der Waals surface area contributed by atoms with Gasteiger partial charge in [0.2, 0.25) is 5.95 Å². The zero-order chi connectivity index (χ0) is 20.2. The molecule has 4 rings (SSSR count). The van der Waals surface area contributed by atoms with Crippen LogP contribution in [0.1, 0.15) is 21.6 Å². The maximum Gasteiger partial charge on any atom is 0.254 e. The molecule has 148 valence electrons. The summed E-state index contributed by atoms with van der Waals surface area (Å²) in [7, 11) is 0. The van der Waals surface area contributed by atoms with Crippen LogP contribution >= 0.6 is 0 Å². The second-order valence-electron chi connectivity index (χ2n) is 7.20. The van der Waals surface area contributed by atoms with Crippen LogP contribution in [0.4, 0.5) is 17.5 Å². The van der Waals surface area contributed by atoms with Gasteiger partial charge in [0, 0.05) is 61.6 Å². The molecule has 0 radical (unpaired) electrons. The highest BCUT2D eigenvalue weighted by atomic mass is 16.2. The number of aryl methyl sites for hydroxylation is 2. The average molecular weight is 388 g/mol. The van der Waals surface area contributed by atoms with E-state index in [4.69, 9.17) is 4.98 Å². The largest absolute Gasteiger partial charge is 0.340 e. The molecule has 1 amide bonds. The summed E-state index contributed by atoms with van der Waals surface area (Å²) in [5, 5.41) is 3.35. The fourth-order valence-electron chi connectivity index (χ4n) is 3.33. The van der Waals surface area contributed by atoms with Crippen molar-refractivity contribution in [1.82, 2.24) is 19.9 Å². The van der Waals surface area contributed by atoms with E-state index in [9.17, 15) is 4.79 Å². The Balaban J connectivity index is 1.43. The second kappa shape index (κ2) is 8.26. The van der Waals surface area contributed by atoms with Gasteiger partial charge in [-0.1, -0.05) is 17.7 Å². The molecule has 7 nitrogen and oxygen atoms in total. The van der Waals surface area contributed by atoms with E-state index in [2.05, 4.69) is 39.2 Å². The van der Waals surface area contributed by atoms with E-state index in [1.165, 1.54) is 5.56 Å². The molecule has 1 aliphatic rings. The standard InChI is InChI=1S/C22H24N6O/c1-16-3-5-19(6-4-16)25-20-15-17(2)24-22(26-20)28-13-11-27(12-14-28)21(29)18-7-9-23-10-8-18/h3-10,15H,11-14H2,1-2H3,(H,24,25,26). The Morgan fingerprint density at radius 3 is 2.31 bits per heavy atom. The Hall–Kier alpha value is -3.48. The fourth-order valence-corrected chi connectivity index (χ4v) is 3.33. The molecular weight excluding hydrogens is 364 g/mol. The van der Waals surface area contributed by atoms with Crippen LogP contribution in [-0.2, 0) is 0 Å². The normalized spacial score (nSPS) is 14.0. The van der Waals surface area contributed by atoms with Crippen molar-refractivity contribution in [1.29, 1.82) is 0 Å². The van der Waals surface area contributed by atoms with E-state index in [0.717, 1.165) is 17.2 Å². The van der Waals surface area contributed by atoms with Crippen LogP contribution in [0.3, 0.4) is 0 Å². The van der Waals surface area contributed by atoms with Crippen molar-refractivity contribution < 1.29 is 4.79 Å². The zero-order valence-corrected chi connectivity index (χ0v) is 16.7. The van der Waals surface area contributed by atoms with E-state index in [0.29, 0.717) is 37.7 Å². The molecule has 1 fully saturated rings. The third-order valence-electron chi connectivity index (χ3n) is 4.94. The molecule has 7 heteroatoms. The lowest BCUT2D eigenvalue weighted by atomic mass is 10.2. The number of amides is 1. The Bertz CT molecular complexity index is 982. The SMILES string of the molecule is Cc1ccc(Nc2cc(C)nc(N3CCN(C(=O)c4ccncc4)CC3)n2)cc1. The molecule has 1 aromatic carbocycles. The molecule has 0 aliphatic carbocycles. The van der Waals surface area contributed by atoms with E-state index in [-0.39, 0.29) is 5.91 Å². The van der Waals surface area contributed by atoms with Crippen LogP contribution in [0.25, 0.3) is 0 Å². The molecule has 1 N–H and O–H groups in total. The number of pyridine rings is 1. The third-order valence-corrected chi connectivity index (χ3v) is 4.94.